The van der Waals surface area contributed by atoms with Gasteiger partial charge in [-0.2, -0.15) is 0 Å². The summed E-state index contributed by atoms with van der Waals surface area (Å²) in [6.45, 7) is 0.462. The summed E-state index contributed by atoms with van der Waals surface area (Å²) >= 11 is 2.48. The quantitative estimate of drug-likeness (QED) is 0.673. The molecule has 2 heterocycles. The standard InChI is InChI=1S/C18H22N4O3S2/c23-15(24)12-26-16-10-20-17(27-16)21-18(25)22(14-7-2-1-3-8-14)11-13-6-4-5-9-19-13/h4-6,9-10,14H,1-3,7-8,11-12H2,(H,23,24)(H,20,21,25). The van der Waals surface area contributed by atoms with Gasteiger partial charge in [0.05, 0.1) is 28.4 Å². The van der Waals surface area contributed by atoms with Gasteiger partial charge >= 0.3 is 12.0 Å². The van der Waals surface area contributed by atoms with Crippen LogP contribution >= 0.6 is 23.1 Å². The van der Waals surface area contributed by atoms with Crippen LogP contribution in [0.2, 0.25) is 0 Å². The molecule has 2 amide bonds. The Morgan fingerprint density at radius 1 is 1.26 bits per heavy atom. The molecule has 0 unspecified atom stereocenters. The maximum Gasteiger partial charge on any atom is 0.324 e. The van der Waals surface area contributed by atoms with Crippen molar-refractivity contribution in [2.75, 3.05) is 11.1 Å². The molecule has 0 saturated heterocycles. The molecule has 2 N–H and O–H groups in total. The zero-order chi connectivity index (χ0) is 19.1. The molecule has 1 fully saturated rings. The molecule has 1 saturated carbocycles. The molecule has 0 aromatic carbocycles. The largest absolute Gasteiger partial charge is 0.481 e. The number of rotatable bonds is 7. The Hall–Kier alpha value is -2.13. The molecule has 2 aromatic rings. The van der Waals surface area contributed by atoms with Crippen molar-refractivity contribution in [3.8, 4) is 0 Å². The molecule has 0 atom stereocenters. The number of carboxylic acid groups (broad SMARTS) is 1. The van der Waals surface area contributed by atoms with Crippen LogP contribution in [0.25, 0.3) is 0 Å². The van der Waals surface area contributed by atoms with Gasteiger partial charge in [-0.3, -0.25) is 15.1 Å². The van der Waals surface area contributed by atoms with E-state index in [0.29, 0.717) is 11.7 Å². The predicted octanol–water partition coefficient (Wildman–Crippen LogP) is 4.08. The fourth-order valence-corrected chi connectivity index (χ4v) is 4.69. The molecule has 1 aliphatic carbocycles. The topological polar surface area (TPSA) is 95.4 Å². The van der Waals surface area contributed by atoms with Crippen LogP contribution in [0.5, 0.6) is 0 Å². The van der Waals surface area contributed by atoms with Crippen molar-refractivity contribution >= 4 is 40.2 Å². The van der Waals surface area contributed by atoms with Gasteiger partial charge in [0.2, 0.25) is 0 Å². The van der Waals surface area contributed by atoms with Crippen LogP contribution in [-0.4, -0.2) is 43.8 Å². The predicted molar refractivity (Wildman–Crippen MR) is 106 cm³/mol. The third kappa shape index (κ3) is 5.93. The molecular weight excluding hydrogens is 384 g/mol. The number of amides is 2. The second kappa shape index (κ2) is 9.70. The SMILES string of the molecule is O=C(O)CSc1cnc(NC(=O)N(Cc2ccccn2)C2CCCCC2)s1. The van der Waals surface area contributed by atoms with E-state index in [0.717, 1.165) is 35.6 Å². The van der Waals surface area contributed by atoms with Crippen LogP contribution in [0.1, 0.15) is 37.8 Å². The van der Waals surface area contributed by atoms with Crippen molar-refractivity contribution in [3.05, 3.63) is 36.3 Å². The average Bonchev–Trinajstić information content (AvgIpc) is 3.13. The summed E-state index contributed by atoms with van der Waals surface area (Å²) in [5, 5.41) is 12.1. The zero-order valence-corrected chi connectivity index (χ0v) is 16.5. The van der Waals surface area contributed by atoms with Crippen LogP contribution in [0, 0.1) is 0 Å². The number of anilines is 1. The number of aromatic nitrogens is 2. The van der Waals surface area contributed by atoms with E-state index in [-0.39, 0.29) is 17.8 Å². The van der Waals surface area contributed by atoms with Gasteiger partial charge in [0, 0.05) is 12.2 Å². The van der Waals surface area contributed by atoms with Crippen LogP contribution in [0.4, 0.5) is 9.93 Å². The molecule has 1 aliphatic rings. The maximum absolute atomic E-state index is 12.9. The molecule has 7 nitrogen and oxygen atoms in total. The van der Waals surface area contributed by atoms with E-state index in [2.05, 4.69) is 15.3 Å². The summed E-state index contributed by atoms with van der Waals surface area (Å²) in [4.78, 5) is 34.0. The van der Waals surface area contributed by atoms with Gasteiger partial charge in [0.1, 0.15) is 0 Å². The number of thiazole rings is 1. The lowest BCUT2D eigenvalue weighted by Gasteiger charge is -2.34. The number of thioether (sulfide) groups is 1. The number of pyridine rings is 1. The number of nitrogens with one attached hydrogen (secondary N) is 1. The molecule has 3 rings (SSSR count). The van der Waals surface area contributed by atoms with Crippen molar-refractivity contribution in [2.45, 2.75) is 48.9 Å². The molecule has 27 heavy (non-hydrogen) atoms. The van der Waals surface area contributed by atoms with E-state index < -0.39 is 5.97 Å². The number of hydrogen-bond acceptors (Lipinski definition) is 6. The summed E-state index contributed by atoms with van der Waals surface area (Å²) in [5.74, 6) is -0.901. The first kappa shape index (κ1) is 19.6. The molecule has 144 valence electrons. The minimum absolute atomic E-state index is 0.0243. The van der Waals surface area contributed by atoms with Crippen LogP contribution in [0.3, 0.4) is 0 Å². The first-order chi connectivity index (χ1) is 13.1. The Kier molecular flexibility index (Phi) is 7.05. The number of hydrogen-bond donors (Lipinski definition) is 2. The minimum atomic E-state index is -0.877. The lowest BCUT2D eigenvalue weighted by Crippen LogP contribution is -2.43. The number of aliphatic carboxylic acids is 1. The lowest BCUT2D eigenvalue weighted by atomic mass is 9.94. The average molecular weight is 407 g/mol. The summed E-state index contributed by atoms with van der Waals surface area (Å²) in [6.07, 6.45) is 8.80. The van der Waals surface area contributed by atoms with E-state index in [1.807, 2.05) is 23.1 Å². The van der Waals surface area contributed by atoms with Gasteiger partial charge in [-0.25, -0.2) is 9.78 Å². The fourth-order valence-electron chi connectivity index (χ4n) is 3.11. The van der Waals surface area contributed by atoms with Gasteiger partial charge in [0.15, 0.2) is 5.13 Å². The Morgan fingerprint density at radius 3 is 2.78 bits per heavy atom. The van der Waals surface area contributed by atoms with Crippen LogP contribution in [-0.2, 0) is 11.3 Å². The maximum atomic E-state index is 12.9. The lowest BCUT2D eigenvalue weighted by molar-refractivity contribution is -0.133. The Balaban J connectivity index is 1.67. The smallest absolute Gasteiger partial charge is 0.324 e. The Labute approximate surface area is 166 Å². The second-order valence-electron chi connectivity index (χ2n) is 6.34. The number of carboxylic acids is 1. The summed E-state index contributed by atoms with van der Waals surface area (Å²) in [6, 6.07) is 5.72. The highest BCUT2D eigenvalue weighted by Crippen LogP contribution is 2.29. The molecule has 9 heteroatoms. The number of urea groups is 1. The van der Waals surface area contributed by atoms with E-state index in [9.17, 15) is 9.59 Å². The number of carbonyl (C=O) groups excluding carboxylic acids is 1. The molecule has 0 spiro atoms. The highest BCUT2D eigenvalue weighted by molar-refractivity contribution is 8.01. The van der Waals surface area contributed by atoms with Gasteiger partial charge in [-0.15, -0.1) is 11.8 Å². The van der Waals surface area contributed by atoms with E-state index in [4.69, 9.17) is 5.11 Å². The third-order valence-electron chi connectivity index (χ3n) is 4.37. The highest BCUT2D eigenvalue weighted by Gasteiger charge is 2.26. The summed E-state index contributed by atoms with van der Waals surface area (Å²) < 4.78 is 0.765. The first-order valence-corrected chi connectivity index (χ1v) is 10.7. The van der Waals surface area contributed by atoms with Gasteiger partial charge in [-0.05, 0) is 25.0 Å². The number of nitrogens with zero attached hydrogens (tertiary/aromatic N) is 3. The number of carbonyl (C=O) groups is 2. The Morgan fingerprint density at radius 2 is 2.07 bits per heavy atom. The zero-order valence-electron chi connectivity index (χ0n) is 14.8. The molecule has 2 aromatic heterocycles. The van der Waals surface area contributed by atoms with E-state index in [1.165, 1.54) is 29.5 Å². The third-order valence-corrected chi connectivity index (χ3v) is 6.46. The Bertz CT molecular complexity index is 763. The highest BCUT2D eigenvalue weighted by atomic mass is 32.2. The molecular formula is C18H22N4O3S2. The van der Waals surface area contributed by atoms with Gasteiger partial charge in [0.25, 0.3) is 0 Å². The van der Waals surface area contributed by atoms with E-state index >= 15 is 0 Å². The summed E-state index contributed by atoms with van der Waals surface area (Å²) in [5.41, 5.74) is 0.857. The normalized spacial score (nSPS) is 14.7. The van der Waals surface area contributed by atoms with Crippen LogP contribution < -0.4 is 5.32 Å². The summed E-state index contributed by atoms with van der Waals surface area (Å²) in [7, 11) is 0. The minimum Gasteiger partial charge on any atom is -0.481 e. The van der Waals surface area contributed by atoms with E-state index in [1.54, 1.807) is 12.4 Å². The van der Waals surface area contributed by atoms with Crippen molar-refractivity contribution in [1.82, 2.24) is 14.9 Å². The molecule has 0 radical (unpaired) electrons. The van der Waals surface area contributed by atoms with Crippen molar-refractivity contribution in [3.63, 3.8) is 0 Å². The fraction of sp³-hybridized carbons (Fsp3) is 0.444. The van der Waals surface area contributed by atoms with Crippen molar-refractivity contribution in [2.24, 2.45) is 0 Å². The molecule has 0 bridgehead atoms. The van der Waals surface area contributed by atoms with Gasteiger partial charge in [-0.1, -0.05) is 36.7 Å². The van der Waals surface area contributed by atoms with Crippen molar-refractivity contribution in [1.29, 1.82) is 0 Å². The first-order valence-electron chi connectivity index (χ1n) is 8.90. The molecule has 0 aliphatic heterocycles. The second-order valence-corrected chi connectivity index (χ2v) is 8.64. The van der Waals surface area contributed by atoms with Crippen LogP contribution in [0.15, 0.2) is 34.8 Å². The van der Waals surface area contributed by atoms with Crippen molar-refractivity contribution < 1.29 is 14.7 Å². The van der Waals surface area contributed by atoms with Gasteiger partial charge < -0.3 is 10.0 Å². The monoisotopic (exact) mass is 406 g/mol.